The van der Waals surface area contributed by atoms with Crippen molar-refractivity contribution in [3.8, 4) is 0 Å². The number of amides is 2. The van der Waals surface area contributed by atoms with Crippen LogP contribution in [0.25, 0.3) is 0 Å². The first-order valence-corrected chi connectivity index (χ1v) is 8.97. The molecule has 2 amide bonds. The van der Waals surface area contributed by atoms with Crippen LogP contribution in [0.2, 0.25) is 0 Å². The summed E-state index contributed by atoms with van der Waals surface area (Å²) in [4.78, 5) is 28.5. The lowest BCUT2D eigenvalue weighted by Crippen LogP contribution is -2.46. The maximum absolute atomic E-state index is 12.8. The van der Waals surface area contributed by atoms with E-state index >= 15 is 0 Å². The molecule has 1 saturated heterocycles. The second-order valence-electron chi connectivity index (χ2n) is 7.16. The zero-order valence-electron chi connectivity index (χ0n) is 14.9. The first-order chi connectivity index (χ1) is 12.6. The Balaban J connectivity index is 1.37. The number of hydrogen-bond donors (Lipinski definition) is 1. The number of nitrogens with zero attached hydrogens (tertiary/aromatic N) is 4. The van der Waals surface area contributed by atoms with E-state index in [1.807, 2.05) is 42.2 Å². The fraction of sp³-hybridized carbons (Fsp3) is 0.421. The average Bonchev–Trinajstić information content (AvgIpc) is 3.23. The minimum Gasteiger partial charge on any atom is -0.323 e. The Morgan fingerprint density at radius 2 is 2.19 bits per heavy atom. The predicted molar refractivity (Wildman–Crippen MR) is 98.9 cm³/mol. The van der Waals surface area contributed by atoms with Crippen molar-refractivity contribution < 1.29 is 9.59 Å². The van der Waals surface area contributed by atoms with E-state index in [1.165, 1.54) is 5.56 Å². The van der Waals surface area contributed by atoms with Gasteiger partial charge in [-0.25, -0.2) is 0 Å². The Morgan fingerprint density at radius 3 is 3.00 bits per heavy atom. The molecule has 3 heterocycles. The number of para-hydroxylation sites is 2. The molecule has 2 aliphatic heterocycles. The van der Waals surface area contributed by atoms with E-state index < -0.39 is 0 Å². The summed E-state index contributed by atoms with van der Waals surface area (Å²) in [5, 5.41) is 7.04. The number of hydrogen-bond acceptors (Lipinski definition) is 4. The minimum absolute atomic E-state index is 0.0191. The van der Waals surface area contributed by atoms with Crippen LogP contribution >= 0.6 is 0 Å². The van der Waals surface area contributed by atoms with Crippen LogP contribution in [0.15, 0.2) is 36.7 Å². The highest BCUT2D eigenvalue weighted by atomic mass is 16.2. The van der Waals surface area contributed by atoms with Crippen LogP contribution in [0.3, 0.4) is 0 Å². The van der Waals surface area contributed by atoms with Gasteiger partial charge < -0.3 is 5.32 Å². The Hall–Kier alpha value is -2.67. The van der Waals surface area contributed by atoms with Crippen molar-refractivity contribution in [3.05, 3.63) is 42.2 Å². The van der Waals surface area contributed by atoms with Crippen LogP contribution in [0.1, 0.15) is 12.0 Å². The summed E-state index contributed by atoms with van der Waals surface area (Å²) in [5.74, 6) is 0.381. The van der Waals surface area contributed by atoms with Gasteiger partial charge in [-0.1, -0.05) is 12.1 Å². The van der Waals surface area contributed by atoms with Crippen molar-refractivity contribution in [2.75, 3.05) is 36.4 Å². The molecule has 2 aromatic rings. The molecule has 7 nitrogen and oxygen atoms in total. The first kappa shape index (κ1) is 16.8. The summed E-state index contributed by atoms with van der Waals surface area (Å²) in [6, 6.07) is 7.45. The van der Waals surface area contributed by atoms with Gasteiger partial charge in [0.2, 0.25) is 11.8 Å². The number of carbonyl (C=O) groups is 2. The molecule has 26 heavy (non-hydrogen) atoms. The summed E-state index contributed by atoms with van der Waals surface area (Å²) >= 11 is 0. The van der Waals surface area contributed by atoms with Crippen molar-refractivity contribution >= 4 is 23.2 Å². The van der Waals surface area contributed by atoms with Crippen LogP contribution in [0, 0.1) is 5.92 Å². The maximum Gasteiger partial charge on any atom is 0.244 e. The number of nitrogens with one attached hydrogen (secondary N) is 1. The maximum atomic E-state index is 12.8. The van der Waals surface area contributed by atoms with Gasteiger partial charge in [0.25, 0.3) is 0 Å². The third-order valence-corrected chi connectivity index (χ3v) is 5.08. The van der Waals surface area contributed by atoms with Crippen LogP contribution < -0.4 is 10.2 Å². The van der Waals surface area contributed by atoms with Gasteiger partial charge in [-0.05, 0) is 43.0 Å². The highest BCUT2D eigenvalue weighted by Gasteiger charge is 2.30. The van der Waals surface area contributed by atoms with Crippen molar-refractivity contribution in [1.29, 1.82) is 0 Å². The average molecular weight is 353 g/mol. The smallest absolute Gasteiger partial charge is 0.244 e. The molecular weight excluding hydrogens is 330 g/mol. The number of aryl methyl sites for hydroxylation is 1. The molecular formula is C19H23N5O2. The van der Waals surface area contributed by atoms with Crippen LogP contribution in [0.4, 0.5) is 11.4 Å². The molecule has 0 radical (unpaired) electrons. The predicted octanol–water partition coefficient (Wildman–Crippen LogP) is 1.27. The Kier molecular flexibility index (Phi) is 4.46. The molecule has 1 aromatic carbocycles. The van der Waals surface area contributed by atoms with Gasteiger partial charge in [0.05, 0.1) is 24.1 Å². The van der Waals surface area contributed by atoms with E-state index in [0.717, 1.165) is 31.6 Å². The quantitative estimate of drug-likeness (QED) is 0.899. The lowest BCUT2D eigenvalue weighted by molar-refractivity contribution is -0.122. The molecule has 1 N–H and O–H groups in total. The van der Waals surface area contributed by atoms with Gasteiger partial charge in [-0.15, -0.1) is 0 Å². The van der Waals surface area contributed by atoms with Gasteiger partial charge in [0, 0.05) is 19.8 Å². The Bertz CT molecular complexity index is 831. The molecule has 2 aliphatic rings. The third kappa shape index (κ3) is 3.48. The number of benzene rings is 1. The standard InChI is InChI=1S/C19H23N5O2/c1-22-10-15(9-20-22)8-14-6-7-23(11-14)13-19(26)24-12-18(25)21-16-4-2-3-5-17(16)24/h2-5,9-10,14H,6-8,11-13H2,1H3,(H,21,25). The van der Waals surface area contributed by atoms with Gasteiger partial charge in [0.1, 0.15) is 6.54 Å². The Morgan fingerprint density at radius 1 is 1.35 bits per heavy atom. The van der Waals surface area contributed by atoms with Gasteiger partial charge >= 0.3 is 0 Å². The molecule has 0 spiro atoms. The topological polar surface area (TPSA) is 70.5 Å². The molecule has 7 heteroatoms. The normalized spacial score (nSPS) is 20.1. The number of aromatic nitrogens is 2. The summed E-state index contributed by atoms with van der Waals surface area (Å²) in [6.45, 7) is 2.26. The zero-order valence-corrected chi connectivity index (χ0v) is 14.9. The molecule has 0 aliphatic carbocycles. The highest BCUT2D eigenvalue weighted by molar-refractivity contribution is 6.10. The van der Waals surface area contributed by atoms with E-state index in [1.54, 1.807) is 4.90 Å². The SMILES string of the molecule is Cn1cc(CC2CCN(CC(=O)N3CC(=O)Nc4ccccc43)C2)cn1. The van der Waals surface area contributed by atoms with E-state index in [2.05, 4.69) is 21.5 Å². The molecule has 1 aromatic heterocycles. The lowest BCUT2D eigenvalue weighted by atomic mass is 10.0. The van der Waals surface area contributed by atoms with E-state index in [4.69, 9.17) is 0 Å². The van der Waals surface area contributed by atoms with Crippen LogP contribution in [-0.2, 0) is 23.1 Å². The lowest BCUT2D eigenvalue weighted by Gasteiger charge is -2.30. The largest absolute Gasteiger partial charge is 0.323 e. The third-order valence-electron chi connectivity index (χ3n) is 5.08. The molecule has 0 bridgehead atoms. The summed E-state index contributed by atoms with van der Waals surface area (Å²) in [7, 11) is 1.93. The molecule has 4 rings (SSSR count). The van der Waals surface area contributed by atoms with Gasteiger partial charge in [0.15, 0.2) is 0 Å². The Labute approximate surface area is 152 Å². The number of fused-ring (bicyclic) bond motifs is 1. The monoisotopic (exact) mass is 353 g/mol. The second kappa shape index (κ2) is 6.92. The second-order valence-corrected chi connectivity index (χ2v) is 7.16. The molecule has 1 unspecified atom stereocenters. The minimum atomic E-state index is -0.145. The summed E-state index contributed by atoms with van der Waals surface area (Å²) < 4.78 is 1.82. The fourth-order valence-corrected chi connectivity index (χ4v) is 3.87. The number of anilines is 2. The molecule has 1 fully saturated rings. The highest BCUT2D eigenvalue weighted by Crippen LogP contribution is 2.29. The van der Waals surface area contributed by atoms with E-state index in [0.29, 0.717) is 18.2 Å². The van der Waals surface area contributed by atoms with Gasteiger partial charge in [-0.3, -0.25) is 24.1 Å². The molecule has 136 valence electrons. The fourth-order valence-electron chi connectivity index (χ4n) is 3.87. The van der Waals surface area contributed by atoms with Crippen molar-refractivity contribution in [1.82, 2.24) is 14.7 Å². The summed E-state index contributed by atoms with van der Waals surface area (Å²) in [5.41, 5.74) is 2.73. The zero-order chi connectivity index (χ0) is 18.1. The molecule has 1 atom stereocenters. The van der Waals surface area contributed by atoms with Crippen molar-refractivity contribution in [3.63, 3.8) is 0 Å². The first-order valence-electron chi connectivity index (χ1n) is 8.97. The van der Waals surface area contributed by atoms with Gasteiger partial charge in [-0.2, -0.15) is 5.10 Å². The summed E-state index contributed by atoms with van der Waals surface area (Å²) in [6.07, 6.45) is 6.04. The van der Waals surface area contributed by atoms with Crippen molar-refractivity contribution in [2.45, 2.75) is 12.8 Å². The molecule has 0 saturated carbocycles. The van der Waals surface area contributed by atoms with E-state index in [9.17, 15) is 9.59 Å². The van der Waals surface area contributed by atoms with Crippen molar-refractivity contribution in [2.24, 2.45) is 13.0 Å². The number of carbonyl (C=O) groups excluding carboxylic acids is 2. The number of rotatable bonds is 4. The van der Waals surface area contributed by atoms with Crippen LogP contribution in [-0.4, -0.2) is 52.7 Å². The van der Waals surface area contributed by atoms with E-state index in [-0.39, 0.29) is 18.4 Å². The number of likely N-dealkylation sites (tertiary alicyclic amines) is 1. The van der Waals surface area contributed by atoms with Crippen LogP contribution in [0.5, 0.6) is 0 Å².